The molecule has 5 rings (SSSR count). The lowest BCUT2D eigenvalue weighted by Crippen LogP contribution is -2.33. The first-order valence-corrected chi connectivity index (χ1v) is 11.3. The van der Waals surface area contributed by atoms with Crippen LogP contribution in [-0.2, 0) is 6.54 Å². The smallest absolute Gasteiger partial charge is 0.192 e. The van der Waals surface area contributed by atoms with E-state index in [1.54, 1.807) is 0 Å². The van der Waals surface area contributed by atoms with Crippen molar-refractivity contribution < 1.29 is 4.57 Å². The Labute approximate surface area is 169 Å². The number of hydrogen-bond donors (Lipinski definition) is 0. The molecule has 0 saturated carbocycles. The predicted molar refractivity (Wildman–Crippen MR) is 120 cm³/mol. The van der Waals surface area contributed by atoms with E-state index in [1.165, 1.54) is 47.5 Å². The van der Waals surface area contributed by atoms with Gasteiger partial charge in [-0.1, -0.05) is 41.7 Å². The van der Waals surface area contributed by atoms with Gasteiger partial charge in [-0.25, -0.2) is 0 Å². The van der Waals surface area contributed by atoms with Crippen molar-refractivity contribution in [2.75, 3.05) is 0 Å². The molecule has 0 saturated heterocycles. The number of aryl methyl sites for hydroxylation is 1. The highest BCUT2D eigenvalue weighted by atomic mass is 32.1. The molecule has 3 heterocycles. The minimum atomic E-state index is 0.977. The summed E-state index contributed by atoms with van der Waals surface area (Å²) in [5.74, 6) is 0. The van der Waals surface area contributed by atoms with Gasteiger partial charge in [0.05, 0.1) is 5.52 Å². The monoisotopic (exact) mass is 405 g/mol. The first-order chi connectivity index (χ1) is 13.3. The molecule has 0 fully saturated rings. The first-order valence-electron chi connectivity index (χ1n) is 8.86. The number of aromatic nitrogens is 2. The van der Waals surface area contributed by atoms with Crippen molar-refractivity contribution in [3.05, 3.63) is 69.9 Å². The topological polar surface area (TPSA) is 16.8 Å². The summed E-state index contributed by atoms with van der Waals surface area (Å²) >= 11 is 5.18. The predicted octanol–water partition coefficient (Wildman–Crippen LogP) is 6.72. The maximum absolute atomic E-state index is 4.57. The fraction of sp³-hybridized carbons (Fsp3) is 0.0909. The third-order valence-electron chi connectivity index (χ3n) is 4.63. The van der Waals surface area contributed by atoms with Gasteiger partial charge >= 0.3 is 0 Å². The van der Waals surface area contributed by atoms with Crippen LogP contribution in [0.15, 0.2) is 60.0 Å². The third kappa shape index (κ3) is 3.02. The van der Waals surface area contributed by atoms with Crippen molar-refractivity contribution in [2.24, 2.45) is 0 Å². The minimum Gasteiger partial charge on any atom is -0.192 e. The number of thiazole rings is 1. The van der Waals surface area contributed by atoms with Gasteiger partial charge in [-0.2, -0.15) is 8.94 Å². The van der Waals surface area contributed by atoms with E-state index in [9.17, 15) is 0 Å². The van der Waals surface area contributed by atoms with E-state index < -0.39 is 0 Å². The fourth-order valence-electron chi connectivity index (χ4n) is 3.34. The average molecular weight is 406 g/mol. The van der Waals surface area contributed by atoms with Crippen molar-refractivity contribution in [2.45, 2.75) is 13.5 Å². The number of hydrogen-bond acceptors (Lipinski definition) is 4. The van der Waals surface area contributed by atoms with Crippen molar-refractivity contribution in [3.8, 4) is 10.4 Å². The van der Waals surface area contributed by atoms with Gasteiger partial charge in [-0.3, -0.25) is 0 Å². The van der Waals surface area contributed by atoms with Crippen LogP contribution in [0.5, 0.6) is 0 Å². The summed E-state index contributed by atoms with van der Waals surface area (Å²) in [6.07, 6.45) is 4.47. The molecule has 0 N–H and O–H groups in total. The highest BCUT2D eigenvalue weighted by molar-refractivity contribution is 7.19. The number of thiophene rings is 1. The van der Waals surface area contributed by atoms with Gasteiger partial charge in [0.2, 0.25) is 5.52 Å². The maximum Gasteiger partial charge on any atom is 0.262 e. The normalized spacial score (nSPS) is 11.9. The molecule has 0 bridgehead atoms. The number of para-hydroxylation sites is 1. The van der Waals surface area contributed by atoms with Crippen LogP contribution < -0.4 is 4.57 Å². The number of fused-ring (bicyclic) bond motifs is 2. The molecule has 5 aromatic rings. The number of rotatable bonds is 4. The Morgan fingerprint density at radius 2 is 1.89 bits per heavy atom. The molecule has 27 heavy (non-hydrogen) atoms. The molecule has 0 amide bonds. The van der Waals surface area contributed by atoms with E-state index in [0.717, 1.165) is 12.1 Å². The quantitative estimate of drug-likeness (QED) is 0.303. The van der Waals surface area contributed by atoms with Crippen LogP contribution in [0, 0.1) is 0 Å². The van der Waals surface area contributed by atoms with Gasteiger partial charge in [0.15, 0.2) is 0 Å². The Morgan fingerprint density at radius 1 is 0.963 bits per heavy atom. The van der Waals surface area contributed by atoms with Crippen molar-refractivity contribution in [3.63, 3.8) is 0 Å². The molecule has 2 nitrogen and oxygen atoms in total. The highest BCUT2D eigenvalue weighted by Crippen LogP contribution is 2.34. The second kappa shape index (κ2) is 7.00. The highest BCUT2D eigenvalue weighted by Gasteiger charge is 2.16. The van der Waals surface area contributed by atoms with E-state index in [2.05, 4.69) is 88.0 Å². The molecule has 0 unspecified atom stereocenters. The Hall–Kier alpha value is -2.34. The Balaban J connectivity index is 1.50. The van der Waals surface area contributed by atoms with Gasteiger partial charge in [0, 0.05) is 38.2 Å². The number of nitrogens with zero attached hydrogens (tertiary/aromatic N) is 2. The van der Waals surface area contributed by atoms with Gasteiger partial charge < -0.3 is 0 Å². The van der Waals surface area contributed by atoms with Gasteiger partial charge in [0.25, 0.3) is 5.01 Å². The van der Waals surface area contributed by atoms with E-state index in [0.29, 0.717) is 0 Å². The molecule has 0 radical (unpaired) electrons. The molecular weight excluding hydrogens is 388 g/mol. The minimum absolute atomic E-state index is 0.977. The lowest BCUT2D eigenvalue weighted by Gasteiger charge is -1.98. The average Bonchev–Trinajstić information content (AvgIpc) is 3.43. The van der Waals surface area contributed by atoms with Crippen LogP contribution in [0.4, 0.5) is 0 Å². The van der Waals surface area contributed by atoms with Crippen molar-refractivity contribution in [1.82, 2.24) is 4.37 Å². The summed E-state index contributed by atoms with van der Waals surface area (Å²) in [5, 5.41) is 4.62. The van der Waals surface area contributed by atoms with Crippen LogP contribution in [0.25, 0.3) is 43.7 Å². The zero-order valence-electron chi connectivity index (χ0n) is 14.8. The first kappa shape index (κ1) is 16.8. The summed E-state index contributed by atoms with van der Waals surface area (Å²) in [6.45, 7) is 3.18. The van der Waals surface area contributed by atoms with E-state index in [4.69, 9.17) is 0 Å². The lowest BCUT2D eigenvalue weighted by atomic mass is 10.1. The summed E-state index contributed by atoms with van der Waals surface area (Å²) in [4.78, 5) is 2.53. The van der Waals surface area contributed by atoms with Crippen LogP contribution >= 0.6 is 34.2 Å². The van der Waals surface area contributed by atoms with E-state index >= 15 is 0 Å². The molecule has 2 aromatic carbocycles. The van der Waals surface area contributed by atoms with Gasteiger partial charge in [-0.15, -0.1) is 11.3 Å². The van der Waals surface area contributed by atoms with Crippen LogP contribution in [-0.4, -0.2) is 4.37 Å². The summed E-state index contributed by atoms with van der Waals surface area (Å²) < 4.78 is 8.28. The van der Waals surface area contributed by atoms with E-state index in [-0.39, 0.29) is 0 Å². The summed E-state index contributed by atoms with van der Waals surface area (Å²) in [7, 11) is 0. The molecule has 0 aliphatic carbocycles. The molecule has 0 aliphatic rings. The molecule has 132 valence electrons. The molecule has 0 spiro atoms. The molecular formula is C22H17N2S3+. The Bertz CT molecular complexity index is 1270. The molecule has 0 aliphatic heterocycles. The van der Waals surface area contributed by atoms with Crippen molar-refractivity contribution in [1.29, 1.82) is 0 Å². The molecule has 5 heteroatoms. The maximum atomic E-state index is 4.57. The van der Waals surface area contributed by atoms with Crippen molar-refractivity contribution >= 4 is 67.5 Å². The Morgan fingerprint density at radius 3 is 2.81 bits per heavy atom. The molecule has 3 aromatic heterocycles. The van der Waals surface area contributed by atoms with Crippen LogP contribution in [0.1, 0.15) is 16.8 Å². The fourth-order valence-corrected chi connectivity index (χ4v) is 6.07. The van der Waals surface area contributed by atoms with Crippen LogP contribution in [0.3, 0.4) is 0 Å². The van der Waals surface area contributed by atoms with Gasteiger partial charge in [0.1, 0.15) is 11.2 Å². The second-order valence-corrected chi connectivity index (χ2v) is 9.05. The van der Waals surface area contributed by atoms with E-state index in [1.807, 2.05) is 22.7 Å². The zero-order chi connectivity index (χ0) is 18.2. The van der Waals surface area contributed by atoms with Gasteiger partial charge in [-0.05, 0) is 42.7 Å². The second-order valence-electron chi connectivity index (χ2n) is 6.25. The third-order valence-corrected chi connectivity index (χ3v) is 7.49. The van der Waals surface area contributed by atoms with Crippen LogP contribution in [0.2, 0.25) is 0 Å². The summed E-state index contributed by atoms with van der Waals surface area (Å²) in [6, 6.07) is 19.4. The SMILES string of the molecule is CC[n+]1c(/C=C/c2ccc(-c3cccc4csnc34)s2)sc2ccccc21. The standard InChI is InChI=1S/C22H17N2S3/c1-2-24-18-8-3-4-9-20(18)27-21(24)13-11-16-10-12-19(26-16)17-7-5-6-15-14-25-23-22(15)17/h3-14H,2H2,1H3/q+1/b13-11+. The zero-order valence-corrected chi connectivity index (χ0v) is 17.2. The largest absolute Gasteiger partial charge is 0.262 e. The summed E-state index contributed by atoms with van der Waals surface area (Å²) in [5.41, 5.74) is 3.64. The number of benzene rings is 2. The lowest BCUT2D eigenvalue weighted by molar-refractivity contribution is -0.665. The molecule has 0 atom stereocenters. The Kier molecular flexibility index (Phi) is 4.36.